The second-order valence-corrected chi connectivity index (χ2v) is 3.41. The van der Waals surface area contributed by atoms with Crippen molar-refractivity contribution in [2.45, 2.75) is 18.9 Å². The summed E-state index contributed by atoms with van der Waals surface area (Å²) in [5, 5.41) is 18.3. The molecule has 0 radical (unpaired) electrons. The van der Waals surface area contributed by atoms with Crippen molar-refractivity contribution in [2.75, 3.05) is 7.11 Å². The highest BCUT2D eigenvalue weighted by atomic mass is 16.5. The number of nitrogens with zero attached hydrogens (tertiary/aromatic N) is 1. The van der Waals surface area contributed by atoms with Crippen molar-refractivity contribution < 1.29 is 19.7 Å². The molecule has 0 saturated carbocycles. The van der Waals surface area contributed by atoms with Gasteiger partial charge in [-0.05, 0) is 19.1 Å². The van der Waals surface area contributed by atoms with E-state index < -0.39 is 11.6 Å². The molecule has 0 aromatic carbocycles. The van der Waals surface area contributed by atoms with Gasteiger partial charge in [0.25, 0.3) is 0 Å². The predicted octanol–water partition coefficient (Wildman–Crippen LogP) is 0.468. The van der Waals surface area contributed by atoms with Crippen LogP contribution >= 0.6 is 0 Å². The molecule has 1 rings (SSSR count). The SMILES string of the molecule is COc1cccnc1CC(C)(O)C(=O)O. The maximum atomic E-state index is 10.7. The van der Waals surface area contributed by atoms with Crippen molar-refractivity contribution in [3.8, 4) is 5.75 Å². The Morgan fingerprint density at radius 1 is 1.67 bits per heavy atom. The lowest BCUT2D eigenvalue weighted by molar-refractivity contribution is -0.156. The molecule has 0 amide bonds. The normalized spacial score (nSPS) is 14.3. The molecule has 0 spiro atoms. The number of rotatable bonds is 4. The maximum Gasteiger partial charge on any atom is 0.335 e. The third kappa shape index (κ3) is 2.66. The van der Waals surface area contributed by atoms with Crippen molar-refractivity contribution >= 4 is 5.97 Å². The summed E-state index contributed by atoms with van der Waals surface area (Å²) in [4.78, 5) is 14.7. The van der Waals surface area contributed by atoms with Gasteiger partial charge in [0.05, 0.1) is 12.8 Å². The number of carboxylic acids is 1. The zero-order valence-corrected chi connectivity index (χ0v) is 8.60. The van der Waals surface area contributed by atoms with Gasteiger partial charge in [0.15, 0.2) is 5.60 Å². The van der Waals surface area contributed by atoms with Gasteiger partial charge >= 0.3 is 5.97 Å². The van der Waals surface area contributed by atoms with Crippen LogP contribution in [0.5, 0.6) is 5.75 Å². The average Bonchev–Trinajstić information content (AvgIpc) is 2.18. The van der Waals surface area contributed by atoms with E-state index in [4.69, 9.17) is 9.84 Å². The third-order valence-electron chi connectivity index (χ3n) is 2.04. The van der Waals surface area contributed by atoms with E-state index in [1.165, 1.54) is 20.2 Å². The van der Waals surface area contributed by atoms with Crippen LogP contribution in [0.1, 0.15) is 12.6 Å². The molecule has 0 aliphatic rings. The van der Waals surface area contributed by atoms with Gasteiger partial charge in [0, 0.05) is 12.6 Å². The van der Waals surface area contributed by atoms with E-state index in [0.717, 1.165) is 0 Å². The van der Waals surface area contributed by atoms with Crippen LogP contribution in [0.3, 0.4) is 0 Å². The fourth-order valence-electron chi connectivity index (χ4n) is 1.14. The average molecular weight is 211 g/mol. The van der Waals surface area contributed by atoms with Crippen LogP contribution in [0.25, 0.3) is 0 Å². The van der Waals surface area contributed by atoms with Gasteiger partial charge in [-0.2, -0.15) is 0 Å². The molecule has 2 N–H and O–H groups in total. The van der Waals surface area contributed by atoms with E-state index in [2.05, 4.69) is 4.98 Å². The number of aliphatic hydroxyl groups is 1. The molecular weight excluding hydrogens is 198 g/mol. The van der Waals surface area contributed by atoms with Crippen LogP contribution in [0.2, 0.25) is 0 Å². The van der Waals surface area contributed by atoms with Gasteiger partial charge in [-0.3, -0.25) is 4.98 Å². The van der Waals surface area contributed by atoms with Crippen LogP contribution < -0.4 is 4.74 Å². The van der Waals surface area contributed by atoms with Crippen LogP contribution in [-0.2, 0) is 11.2 Å². The van der Waals surface area contributed by atoms with E-state index in [-0.39, 0.29) is 6.42 Å². The zero-order chi connectivity index (χ0) is 11.5. The summed E-state index contributed by atoms with van der Waals surface area (Å²) < 4.78 is 5.00. The van der Waals surface area contributed by atoms with Crippen LogP contribution in [0.4, 0.5) is 0 Å². The molecule has 0 saturated heterocycles. The van der Waals surface area contributed by atoms with Gasteiger partial charge in [0.2, 0.25) is 0 Å². The summed E-state index contributed by atoms with van der Waals surface area (Å²) in [6.07, 6.45) is 1.43. The number of aliphatic carboxylic acids is 1. The van der Waals surface area contributed by atoms with E-state index in [1.54, 1.807) is 12.1 Å². The molecule has 1 atom stereocenters. The lowest BCUT2D eigenvalue weighted by Gasteiger charge is -2.18. The van der Waals surface area contributed by atoms with Crippen molar-refractivity contribution in [1.29, 1.82) is 0 Å². The number of hydrogen-bond acceptors (Lipinski definition) is 4. The highest BCUT2D eigenvalue weighted by molar-refractivity contribution is 5.77. The topological polar surface area (TPSA) is 79.7 Å². The summed E-state index contributed by atoms with van der Waals surface area (Å²) in [5.74, 6) is -0.811. The summed E-state index contributed by atoms with van der Waals surface area (Å²) in [6.45, 7) is 1.23. The Morgan fingerprint density at radius 3 is 2.87 bits per heavy atom. The first-order chi connectivity index (χ1) is 6.97. The molecule has 1 aromatic rings. The molecule has 5 nitrogen and oxygen atoms in total. The van der Waals surface area contributed by atoms with E-state index in [1.807, 2.05) is 0 Å². The molecule has 0 aliphatic carbocycles. The highest BCUT2D eigenvalue weighted by Crippen LogP contribution is 2.20. The molecule has 1 heterocycles. The van der Waals surface area contributed by atoms with E-state index in [0.29, 0.717) is 11.4 Å². The number of methoxy groups -OCH3 is 1. The highest BCUT2D eigenvalue weighted by Gasteiger charge is 2.31. The molecule has 5 heteroatoms. The Bertz CT molecular complexity index is 362. The fraction of sp³-hybridized carbons (Fsp3) is 0.400. The Morgan fingerprint density at radius 2 is 2.33 bits per heavy atom. The van der Waals surface area contributed by atoms with Crippen molar-refractivity contribution in [2.24, 2.45) is 0 Å². The van der Waals surface area contributed by atoms with Crippen molar-refractivity contribution in [3.63, 3.8) is 0 Å². The number of aromatic nitrogens is 1. The van der Waals surface area contributed by atoms with E-state index >= 15 is 0 Å². The zero-order valence-electron chi connectivity index (χ0n) is 8.60. The Balaban J connectivity index is 2.94. The summed E-state index contributed by atoms with van der Waals surface area (Å²) in [7, 11) is 1.47. The van der Waals surface area contributed by atoms with Gasteiger partial charge < -0.3 is 14.9 Å². The smallest absolute Gasteiger partial charge is 0.335 e. The number of hydrogen-bond donors (Lipinski definition) is 2. The van der Waals surface area contributed by atoms with Crippen molar-refractivity contribution in [1.82, 2.24) is 4.98 Å². The minimum Gasteiger partial charge on any atom is -0.495 e. The minimum absolute atomic E-state index is 0.0909. The summed E-state index contributed by atoms with van der Waals surface area (Å²) in [5.41, 5.74) is -1.41. The molecular formula is C10H13NO4. The summed E-state index contributed by atoms with van der Waals surface area (Å²) >= 11 is 0. The fourth-order valence-corrected chi connectivity index (χ4v) is 1.14. The molecule has 15 heavy (non-hydrogen) atoms. The number of carboxylic acid groups (broad SMARTS) is 1. The maximum absolute atomic E-state index is 10.7. The Hall–Kier alpha value is -1.62. The second-order valence-electron chi connectivity index (χ2n) is 3.41. The van der Waals surface area contributed by atoms with Gasteiger partial charge in [-0.25, -0.2) is 4.79 Å². The first-order valence-corrected chi connectivity index (χ1v) is 4.41. The minimum atomic E-state index is -1.83. The molecule has 1 unspecified atom stereocenters. The van der Waals surface area contributed by atoms with Gasteiger partial charge in [-0.1, -0.05) is 0 Å². The number of pyridine rings is 1. The third-order valence-corrected chi connectivity index (χ3v) is 2.04. The lowest BCUT2D eigenvalue weighted by atomic mass is 10.00. The van der Waals surface area contributed by atoms with Crippen molar-refractivity contribution in [3.05, 3.63) is 24.0 Å². The molecule has 82 valence electrons. The largest absolute Gasteiger partial charge is 0.495 e. The standard InChI is InChI=1S/C10H13NO4/c1-10(14,9(12)13)6-7-8(15-2)4-3-5-11-7/h3-5,14H,6H2,1-2H3,(H,12,13). The first-order valence-electron chi connectivity index (χ1n) is 4.41. The predicted molar refractivity (Wildman–Crippen MR) is 52.8 cm³/mol. The number of carbonyl (C=O) groups is 1. The molecule has 0 aliphatic heterocycles. The first kappa shape index (κ1) is 11.5. The molecule has 0 bridgehead atoms. The van der Waals surface area contributed by atoms with Crippen LogP contribution in [0, 0.1) is 0 Å². The van der Waals surface area contributed by atoms with Crippen LogP contribution in [-0.4, -0.2) is 33.9 Å². The molecule has 1 aromatic heterocycles. The number of ether oxygens (including phenoxy) is 1. The Labute approximate surface area is 87.3 Å². The quantitative estimate of drug-likeness (QED) is 0.756. The Kier molecular flexibility index (Phi) is 3.26. The van der Waals surface area contributed by atoms with Gasteiger partial charge in [0.1, 0.15) is 5.75 Å². The van der Waals surface area contributed by atoms with Crippen LogP contribution in [0.15, 0.2) is 18.3 Å². The monoisotopic (exact) mass is 211 g/mol. The van der Waals surface area contributed by atoms with Gasteiger partial charge in [-0.15, -0.1) is 0 Å². The van der Waals surface area contributed by atoms with E-state index in [9.17, 15) is 9.90 Å². The molecule has 0 fully saturated rings. The summed E-state index contributed by atoms with van der Waals surface area (Å²) in [6, 6.07) is 3.35. The lowest BCUT2D eigenvalue weighted by Crippen LogP contribution is -2.37. The second kappa shape index (κ2) is 4.27.